The molecule has 0 saturated carbocycles. The molecule has 8 heteroatoms. The molecule has 100 valence electrons. The van der Waals surface area contributed by atoms with Gasteiger partial charge in [0.1, 0.15) is 4.88 Å². The number of aryl methyl sites for hydroxylation is 1. The quantitative estimate of drug-likeness (QED) is 0.812. The van der Waals surface area contributed by atoms with E-state index in [-0.39, 0.29) is 11.0 Å². The summed E-state index contributed by atoms with van der Waals surface area (Å²) in [6.07, 6.45) is 2.65. The molecule has 0 radical (unpaired) electrons. The van der Waals surface area contributed by atoms with Gasteiger partial charge in [0.15, 0.2) is 5.13 Å². The number of hydrogen-bond donors (Lipinski definition) is 1. The van der Waals surface area contributed by atoms with Crippen LogP contribution in [-0.4, -0.2) is 39.2 Å². The van der Waals surface area contributed by atoms with Gasteiger partial charge in [-0.2, -0.15) is 0 Å². The average molecular weight is 289 g/mol. The van der Waals surface area contributed by atoms with Crippen LogP contribution in [0, 0.1) is 6.92 Å². The van der Waals surface area contributed by atoms with Gasteiger partial charge in [-0.15, -0.1) is 6.58 Å². The zero-order chi connectivity index (χ0) is 13.9. The van der Waals surface area contributed by atoms with E-state index in [0.717, 1.165) is 21.9 Å². The molecule has 1 aromatic rings. The van der Waals surface area contributed by atoms with Crippen molar-refractivity contribution < 1.29 is 13.2 Å². The lowest BCUT2D eigenvalue weighted by atomic mass is 10.4. The van der Waals surface area contributed by atoms with E-state index in [1.807, 2.05) is 0 Å². The van der Waals surface area contributed by atoms with E-state index in [4.69, 9.17) is 0 Å². The molecule has 18 heavy (non-hydrogen) atoms. The Bertz CT molecular complexity index is 563. The Morgan fingerprint density at radius 2 is 2.22 bits per heavy atom. The van der Waals surface area contributed by atoms with Crippen molar-refractivity contribution in [3.8, 4) is 0 Å². The number of anilines is 1. The van der Waals surface area contributed by atoms with Crippen molar-refractivity contribution in [2.45, 2.75) is 6.92 Å². The Balaban J connectivity index is 3.02. The smallest absolute Gasteiger partial charge is 0.263 e. The van der Waals surface area contributed by atoms with E-state index in [2.05, 4.69) is 16.9 Å². The van der Waals surface area contributed by atoms with Gasteiger partial charge >= 0.3 is 0 Å². The Labute approximate surface area is 110 Å². The summed E-state index contributed by atoms with van der Waals surface area (Å²) in [6.45, 7) is 5.52. The maximum atomic E-state index is 11.8. The predicted molar refractivity (Wildman–Crippen MR) is 72.6 cm³/mol. The number of rotatable bonds is 5. The fourth-order valence-corrected chi connectivity index (χ4v) is 2.81. The van der Waals surface area contributed by atoms with Gasteiger partial charge in [-0.3, -0.25) is 4.79 Å². The Kier molecular flexibility index (Phi) is 4.47. The molecule has 0 spiro atoms. The largest absolute Gasteiger partial charge is 0.348 e. The van der Waals surface area contributed by atoms with Crippen molar-refractivity contribution in [2.75, 3.05) is 24.2 Å². The van der Waals surface area contributed by atoms with Crippen LogP contribution >= 0.6 is 11.3 Å². The van der Waals surface area contributed by atoms with E-state index >= 15 is 0 Å². The SMILES string of the molecule is C=CCNC(=O)c1sc(N(C)S(C)(=O)=O)nc1C. The summed E-state index contributed by atoms with van der Waals surface area (Å²) in [6, 6.07) is 0. The Hall–Kier alpha value is -1.41. The third-order valence-corrected chi connectivity index (χ3v) is 4.68. The number of carbonyl (C=O) groups excluding carboxylic acids is 1. The molecule has 0 bridgehead atoms. The summed E-state index contributed by atoms with van der Waals surface area (Å²) in [5.41, 5.74) is 0.507. The molecule has 0 saturated heterocycles. The van der Waals surface area contributed by atoms with Gasteiger partial charge in [0.2, 0.25) is 10.0 Å². The third-order valence-electron chi connectivity index (χ3n) is 2.17. The highest BCUT2D eigenvalue weighted by Crippen LogP contribution is 2.26. The minimum absolute atomic E-state index is 0.277. The molecule has 0 unspecified atom stereocenters. The van der Waals surface area contributed by atoms with Crippen LogP contribution in [0.4, 0.5) is 5.13 Å². The van der Waals surface area contributed by atoms with Crippen molar-refractivity contribution in [3.63, 3.8) is 0 Å². The summed E-state index contributed by atoms with van der Waals surface area (Å²) >= 11 is 1.04. The molecule has 1 aromatic heterocycles. The van der Waals surface area contributed by atoms with Crippen LogP contribution in [-0.2, 0) is 10.0 Å². The van der Waals surface area contributed by atoms with Crippen LogP contribution in [0.5, 0.6) is 0 Å². The highest BCUT2D eigenvalue weighted by Gasteiger charge is 2.20. The van der Waals surface area contributed by atoms with Gasteiger partial charge in [-0.1, -0.05) is 17.4 Å². The number of hydrogen-bond acceptors (Lipinski definition) is 5. The molecule has 0 aliphatic heterocycles. The monoisotopic (exact) mass is 289 g/mol. The van der Waals surface area contributed by atoms with E-state index in [9.17, 15) is 13.2 Å². The van der Waals surface area contributed by atoms with Gasteiger partial charge in [0.05, 0.1) is 11.9 Å². The molecule has 0 aliphatic carbocycles. The van der Waals surface area contributed by atoms with Crippen molar-refractivity contribution in [2.24, 2.45) is 0 Å². The van der Waals surface area contributed by atoms with E-state index in [0.29, 0.717) is 17.1 Å². The number of nitrogens with zero attached hydrogens (tertiary/aromatic N) is 2. The Morgan fingerprint density at radius 1 is 1.61 bits per heavy atom. The van der Waals surface area contributed by atoms with E-state index in [1.165, 1.54) is 7.05 Å². The van der Waals surface area contributed by atoms with Crippen LogP contribution in [0.3, 0.4) is 0 Å². The van der Waals surface area contributed by atoms with Gasteiger partial charge in [-0.05, 0) is 6.92 Å². The van der Waals surface area contributed by atoms with Crippen LogP contribution in [0.1, 0.15) is 15.4 Å². The minimum atomic E-state index is -3.37. The highest BCUT2D eigenvalue weighted by atomic mass is 32.2. The zero-order valence-corrected chi connectivity index (χ0v) is 12.1. The molecular weight excluding hydrogens is 274 g/mol. The second-order valence-corrected chi connectivity index (χ2v) is 6.63. The molecule has 0 atom stereocenters. The lowest BCUT2D eigenvalue weighted by molar-refractivity contribution is 0.0961. The molecule has 0 fully saturated rings. The maximum absolute atomic E-state index is 11.8. The van der Waals surface area contributed by atoms with Gasteiger partial charge < -0.3 is 5.32 Å². The summed E-state index contributed by atoms with van der Waals surface area (Å²) < 4.78 is 23.8. The molecule has 1 heterocycles. The van der Waals surface area contributed by atoms with Crippen LogP contribution in [0.15, 0.2) is 12.7 Å². The average Bonchev–Trinajstić information content (AvgIpc) is 2.65. The first-order valence-corrected chi connectivity index (χ1v) is 7.74. The third kappa shape index (κ3) is 3.30. The Morgan fingerprint density at radius 3 is 2.72 bits per heavy atom. The number of thiazole rings is 1. The summed E-state index contributed by atoms with van der Waals surface area (Å²) in [5.74, 6) is -0.280. The zero-order valence-electron chi connectivity index (χ0n) is 10.4. The number of aromatic nitrogens is 1. The van der Waals surface area contributed by atoms with Crippen molar-refractivity contribution in [1.29, 1.82) is 0 Å². The fraction of sp³-hybridized carbons (Fsp3) is 0.400. The van der Waals surface area contributed by atoms with E-state index < -0.39 is 10.0 Å². The van der Waals surface area contributed by atoms with Crippen LogP contribution in [0.25, 0.3) is 0 Å². The molecule has 0 aliphatic rings. The van der Waals surface area contributed by atoms with E-state index in [1.54, 1.807) is 13.0 Å². The van der Waals surface area contributed by atoms with Crippen molar-refractivity contribution in [1.82, 2.24) is 10.3 Å². The number of carbonyl (C=O) groups is 1. The number of amides is 1. The maximum Gasteiger partial charge on any atom is 0.263 e. The standard InChI is InChI=1S/C10H15N3O3S2/c1-5-6-11-9(14)8-7(2)12-10(17-8)13(3)18(4,15)16/h5H,1,6H2,2-4H3,(H,11,14). The molecule has 1 amide bonds. The first-order chi connectivity index (χ1) is 8.27. The summed E-state index contributed by atoms with van der Waals surface area (Å²) in [7, 11) is -1.97. The number of nitrogens with one attached hydrogen (secondary N) is 1. The first-order valence-electron chi connectivity index (χ1n) is 5.07. The molecule has 1 N–H and O–H groups in total. The fourth-order valence-electron chi connectivity index (χ4n) is 1.11. The topological polar surface area (TPSA) is 79.4 Å². The molecule has 0 aromatic carbocycles. The van der Waals surface area contributed by atoms with Gasteiger partial charge in [-0.25, -0.2) is 17.7 Å². The van der Waals surface area contributed by atoms with Gasteiger partial charge in [0, 0.05) is 13.6 Å². The lowest BCUT2D eigenvalue weighted by Gasteiger charge is -2.11. The number of sulfonamides is 1. The minimum Gasteiger partial charge on any atom is -0.348 e. The molecule has 1 rings (SSSR count). The van der Waals surface area contributed by atoms with Crippen molar-refractivity contribution in [3.05, 3.63) is 23.2 Å². The summed E-state index contributed by atoms with van der Waals surface area (Å²) in [5, 5.41) is 2.90. The van der Waals surface area contributed by atoms with Gasteiger partial charge in [0.25, 0.3) is 5.91 Å². The molecule has 6 nitrogen and oxygen atoms in total. The second kappa shape index (κ2) is 5.49. The molecular formula is C10H15N3O3S2. The highest BCUT2D eigenvalue weighted by molar-refractivity contribution is 7.92. The summed E-state index contributed by atoms with van der Waals surface area (Å²) in [4.78, 5) is 16.2. The second-order valence-electron chi connectivity index (χ2n) is 3.64. The predicted octanol–water partition coefficient (Wildman–Crippen LogP) is 0.763. The normalized spacial score (nSPS) is 11.1. The first kappa shape index (κ1) is 14.7. The van der Waals surface area contributed by atoms with Crippen LogP contribution < -0.4 is 9.62 Å². The van der Waals surface area contributed by atoms with Crippen LogP contribution in [0.2, 0.25) is 0 Å². The van der Waals surface area contributed by atoms with Crippen molar-refractivity contribution >= 4 is 32.4 Å². The lowest BCUT2D eigenvalue weighted by Crippen LogP contribution is -2.24.